The van der Waals surface area contributed by atoms with Crippen LogP contribution < -0.4 is 5.32 Å². The fourth-order valence-corrected chi connectivity index (χ4v) is 3.10. The molecular weight excluding hydrogens is 367 g/mol. The van der Waals surface area contributed by atoms with Gasteiger partial charge in [0.1, 0.15) is 12.0 Å². The zero-order valence-electron chi connectivity index (χ0n) is 13.8. The summed E-state index contributed by atoms with van der Waals surface area (Å²) in [5, 5.41) is 12.4. The standard InChI is InChI=1S/C17H20Cl2N2O4/c1-2-3-4-7-21-9-11(17(24)25)14(16(21)23)20-15(22)10-5-6-12(18)13(19)8-10/h5-6,8,11,14H,2-4,7,9H2,1H3,(H,20,22)(H,24,25)/t11-,14-/m0/s1. The van der Waals surface area contributed by atoms with Crippen LogP contribution in [0.4, 0.5) is 0 Å². The molecule has 2 amide bonds. The van der Waals surface area contributed by atoms with E-state index >= 15 is 0 Å². The van der Waals surface area contributed by atoms with E-state index in [1.165, 1.54) is 23.1 Å². The van der Waals surface area contributed by atoms with Gasteiger partial charge in [-0.05, 0) is 24.6 Å². The molecule has 8 heteroatoms. The molecule has 0 aromatic heterocycles. The van der Waals surface area contributed by atoms with Crippen molar-refractivity contribution in [3.05, 3.63) is 33.8 Å². The van der Waals surface area contributed by atoms with E-state index in [1.807, 2.05) is 6.92 Å². The van der Waals surface area contributed by atoms with Gasteiger partial charge in [-0.15, -0.1) is 0 Å². The van der Waals surface area contributed by atoms with Gasteiger partial charge in [0, 0.05) is 18.7 Å². The average molecular weight is 387 g/mol. The summed E-state index contributed by atoms with van der Waals surface area (Å²) in [6.07, 6.45) is 2.77. The van der Waals surface area contributed by atoms with E-state index < -0.39 is 23.8 Å². The number of halogens is 2. The molecule has 1 aliphatic rings. The number of benzene rings is 1. The fraction of sp³-hybridized carbons (Fsp3) is 0.471. The minimum atomic E-state index is -1.11. The normalized spacial score (nSPS) is 20.0. The average Bonchev–Trinajstić information content (AvgIpc) is 2.87. The molecule has 1 aliphatic heterocycles. The van der Waals surface area contributed by atoms with Crippen molar-refractivity contribution >= 4 is 41.0 Å². The van der Waals surface area contributed by atoms with Gasteiger partial charge in [-0.1, -0.05) is 43.0 Å². The van der Waals surface area contributed by atoms with Crippen LogP contribution in [0.2, 0.25) is 10.0 Å². The Morgan fingerprint density at radius 2 is 2.00 bits per heavy atom. The molecule has 0 radical (unpaired) electrons. The van der Waals surface area contributed by atoms with Crippen LogP contribution in [0.5, 0.6) is 0 Å². The molecule has 0 bridgehead atoms. The highest BCUT2D eigenvalue weighted by molar-refractivity contribution is 6.42. The summed E-state index contributed by atoms with van der Waals surface area (Å²) in [6.45, 7) is 2.64. The van der Waals surface area contributed by atoms with E-state index in [4.69, 9.17) is 23.2 Å². The molecule has 2 atom stereocenters. The van der Waals surface area contributed by atoms with E-state index in [-0.39, 0.29) is 23.0 Å². The second-order valence-corrected chi connectivity index (χ2v) is 6.83. The van der Waals surface area contributed by atoms with Crippen LogP contribution in [0.3, 0.4) is 0 Å². The van der Waals surface area contributed by atoms with Crippen LogP contribution in [-0.2, 0) is 9.59 Å². The molecule has 0 unspecified atom stereocenters. The summed E-state index contributed by atoms with van der Waals surface area (Å²) in [5.74, 6) is -3.00. The summed E-state index contributed by atoms with van der Waals surface area (Å²) < 4.78 is 0. The number of nitrogens with zero attached hydrogens (tertiary/aromatic N) is 1. The zero-order chi connectivity index (χ0) is 18.6. The van der Waals surface area contributed by atoms with E-state index in [0.717, 1.165) is 19.3 Å². The number of carbonyl (C=O) groups excluding carboxylic acids is 2. The maximum atomic E-state index is 12.5. The number of unbranched alkanes of at least 4 members (excludes halogenated alkanes) is 2. The van der Waals surface area contributed by atoms with Gasteiger partial charge in [0.05, 0.1) is 10.0 Å². The second-order valence-electron chi connectivity index (χ2n) is 6.02. The molecule has 0 aliphatic carbocycles. The Bertz CT molecular complexity index is 681. The summed E-state index contributed by atoms with van der Waals surface area (Å²) in [7, 11) is 0. The molecule has 6 nitrogen and oxygen atoms in total. The van der Waals surface area contributed by atoms with Crippen molar-refractivity contribution < 1.29 is 19.5 Å². The third-order valence-electron chi connectivity index (χ3n) is 4.21. The lowest BCUT2D eigenvalue weighted by Crippen LogP contribution is -2.46. The first-order chi connectivity index (χ1) is 11.8. The van der Waals surface area contributed by atoms with Crippen LogP contribution in [0.25, 0.3) is 0 Å². The quantitative estimate of drug-likeness (QED) is 0.705. The van der Waals surface area contributed by atoms with Crippen LogP contribution in [-0.4, -0.2) is 46.9 Å². The van der Waals surface area contributed by atoms with Gasteiger partial charge in [0.15, 0.2) is 0 Å². The van der Waals surface area contributed by atoms with Gasteiger partial charge in [0.2, 0.25) is 5.91 Å². The molecule has 2 rings (SSSR count). The van der Waals surface area contributed by atoms with Crippen molar-refractivity contribution in [1.82, 2.24) is 10.2 Å². The Labute approximate surface area is 156 Å². The number of amides is 2. The van der Waals surface area contributed by atoms with Crippen molar-refractivity contribution in [2.75, 3.05) is 13.1 Å². The smallest absolute Gasteiger partial charge is 0.310 e. The lowest BCUT2D eigenvalue weighted by Gasteiger charge is -2.17. The third kappa shape index (κ3) is 4.64. The lowest BCUT2D eigenvalue weighted by molar-refractivity contribution is -0.142. The molecule has 136 valence electrons. The highest BCUT2D eigenvalue weighted by Gasteiger charge is 2.45. The van der Waals surface area contributed by atoms with Gasteiger partial charge >= 0.3 is 5.97 Å². The van der Waals surface area contributed by atoms with Crippen molar-refractivity contribution in [2.24, 2.45) is 5.92 Å². The maximum absolute atomic E-state index is 12.5. The maximum Gasteiger partial charge on any atom is 0.310 e. The predicted octanol–water partition coefficient (Wildman–Crippen LogP) is 2.83. The topological polar surface area (TPSA) is 86.7 Å². The van der Waals surface area contributed by atoms with Crippen LogP contribution >= 0.6 is 23.2 Å². The van der Waals surface area contributed by atoms with E-state index in [1.54, 1.807) is 0 Å². The minimum Gasteiger partial charge on any atom is -0.481 e. The Morgan fingerprint density at radius 1 is 1.28 bits per heavy atom. The molecule has 1 fully saturated rings. The molecule has 1 aromatic rings. The first-order valence-electron chi connectivity index (χ1n) is 8.12. The number of aliphatic carboxylic acids is 1. The zero-order valence-corrected chi connectivity index (χ0v) is 15.3. The molecule has 1 saturated heterocycles. The van der Waals surface area contributed by atoms with Crippen LogP contribution in [0, 0.1) is 5.92 Å². The van der Waals surface area contributed by atoms with Gasteiger partial charge < -0.3 is 15.3 Å². The Balaban J connectivity index is 2.11. The van der Waals surface area contributed by atoms with E-state index in [0.29, 0.717) is 11.6 Å². The summed E-state index contributed by atoms with van der Waals surface area (Å²) in [5.41, 5.74) is 0.218. The summed E-state index contributed by atoms with van der Waals surface area (Å²) in [4.78, 5) is 37.9. The number of carboxylic acids is 1. The molecular formula is C17H20Cl2N2O4. The van der Waals surface area contributed by atoms with Gasteiger partial charge in [0.25, 0.3) is 5.91 Å². The van der Waals surface area contributed by atoms with Gasteiger partial charge in [-0.3, -0.25) is 14.4 Å². The Morgan fingerprint density at radius 3 is 2.60 bits per heavy atom. The van der Waals surface area contributed by atoms with Crippen molar-refractivity contribution in [3.8, 4) is 0 Å². The fourth-order valence-electron chi connectivity index (χ4n) is 2.80. The van der Waals surface area contributed by atoms with Crippen molar-refractivity contribution in [2.45, 2.75) is 32.2 Å². The Hall–Kier alpha value is -1.79. The monoisotopic (exact) mass is 386 g/mol. The van der Waals surface area contributed by atoms with Crippen LogP contribution in [0.15, 0.2) is 18.2 Å². The van der Waals surface area contributed by atoms with Gasteiger partial charge in [-0.25, -0.2) is 0 Å². The number of hydrogen-bond donors (Lipinski definition) is 2. The number of carboxylic acid groups (broad SMARTS) is 1. The highest BCUT2D eigenvalue weighted by Crippen LogP contribution is 2.24. The first kappa shape index (κ1) is 19.5. The second kappa shape index (κ2) is 8.54. The van der Waals surface area contributed by atoms with Crippen molar-refractivity contribution in [1.29, 1.82) is 0 Å². The molecule has 2 N–H and O–H groups in total. The number of hydrogen-bond acceptors (Lipinski definition) is 3. The minimum absolute atomic E-state index is 0.101. The molecule has 25 heavy (non-hydrogen) atoms. The first-order valence-corrected chi connectivity index (χ1v) is 8.88. The SMILES string of the molecule is CCCCCN1C[C@H](C(=O)O)[C@H](NC(=O)c2ccc(Cl)c(Cl)c2)C1=O. The number of likely N-dealkylation sites (tertiary alicyclic amines) is 1. The summed E-state index contributed by atoms with van der Waals surface area (Å²) in [6, 6.07) is 3.24. The lowest BCUT2D eigenvalue weighted by atomic mass is 10.0. The Kier molecular flexibility index (Phi) is 6.67. The third-order valence-corrected chi connectivity index (χ3v) is 4.95. The largest absolute Gasteiger partial charge is 0.481 e. The predicted molar refractivity (Wildman–Crippen MR) is 94.9 cm³/mol. The van der Waals surface area contributed by atoms with E-state index in [2.05, 4.69) is 5.32 Å². The number of nitrogens with one attached hydrogen (secondary N) is 1. The van der Waals surface area contributed by atoms with Crippen LogP contribution in [0.1, 0.15) is 36.5 Å². The van der Waals surface area contributed by atoms with Gasteiger partial charge in [-0.2, -0.15) is 0 Å². The number of carbonyl (C=O) groups is 3. The summed E-state index contributed by atoms with van der Waals surface area (Å²) >= 11 is 11.7. The molecule has 0 spiro atoms. The molecule has 1 aromatic carbocycles. The van der Waals surface area contributed by atoms with Crippen molar-refractivity contribution in [3.63, 3.8) is 0 Å². The van der Waals surface area contributed by atoms with E-state index in [9.17, 15) is 19.5 Å². The molecule has 0 saturated carbocycles. The number of rotatable bonds is 7. The highest BCUT2D eigenvalue weighted by atomic mass is 35.5. The molecule has 1 heterocycles.